The van der Waals surface area contributed by atoms with Crippen molar-refractivity contribution in [2.24, 2.45) is 14.1 Å². The average Bonchev–Trinajstić information content (AvgIpc) is 2.94. The topological polar surface area (TPSA) is 102 Å². The predicted octanol–water partition coefficient (Wildman–Crippen LogP) is -0.291. The molecule has 0 fully saturated rings. The molecule has 0 spiro atoms. The fourth-order valence-electron chi connectivity index (χ4n) is 1.62. The first-order chi connectivity index (χ1) is 8.97. The summed E-state index contributed by atoms with van der Waals surface area (Å²) in [7, 11) is 3.34. The Bertz CT molecular complexity index is 615. The molecule has 8 heteroatoms. The molecule has 100 valence electrons. The van der Waals surface area contributed by atoms with E-state index < -0.39 is 17.9 Å². The number of carbonyl (C=O) groups is 2. The van der Waals surface area contributed by atoms with Crippen LogP contribution < -0.4 is 5.32 Å². The number of carboxylic acids is 1. The molecule has 2 N–H and O–H groups in total. The van der Waals surface area contributed by atoms with Crippen molar-refractivity contribution in [3.05, 3.63) is 35.9 Å². The van der Waals surface area contributed by atoms with E-state index in [4.69, 9.17) is 5.11 Å². The molecule has 0 saturated carbocycles. The molecular weight excluding hydrogens is 250 g/mol. The van der Waals surface area contributed by atoms with Gasteiger partial charge in [0.2, 0.25) is 0 Å². The van der Waals surface area contributed by atoms with Crippen molar-refractivity contribution in [1.82, 2.24) is 24.9 Å². The van der Waals surface area contributed by atoms with Crippen LogP contribution in [0.5, 0.6) is 0 Å². The van der Waals surface area contributed by atoms with Gasteiger partial charge in [-0.1, -0.05) is 0 Å². The molecule has 0 aliphatic rings. The lowest BCUT2D eigenvalue weighted by Crippen LogP contribution is -2.33. The molecule has 1 atom stereocenters. The summed E-state index contributed by atoms with van der Waals surface area (Å²) in [5.41, 5.74) is 0.567. The normalized spacial score (nSPS) is 12.1. The van der Waals surface area contributed by atoms with Crippen molar-refractivity contribution in [1.29, 1.82) is 0 Å². The molecule has 2 aromatic rings. The molecule has 2 rings (SSSR count). The van der Waals surface area contributed by atoms with Crippen LogP contribution in [0.15, 0.2) is 24.7 Å². The third kappa shape index (κ3) is 2.79. The van der Waals surface area contributed by atoms with Crippen LogP contribution in [0.2, 0.25) is 0 Å². The molecular formula is C11H13N5O3. The number of rotatable bonds is 4. The first kappa shape index (κ1) is 12.8. The Hall–Kier alpha value is -2.64. The van der Waals surface area contributed by atoms with Gasteiger partial charge in [-0.2, -0.15) is 10.2 Å². The smallest absolute Gasteiger partial charge is 0.331 e. The number of carboxylic acid groups (broad SMARTS) is 1. The lowest BCUT2D eigenvalue weighted by molar-refractivity contribution is -0.139. The van der Waals surface area contributed by atoms with Gasteiger partial charge in [0.25, 0.3) is 5.91 Å². The summed E-state index contributed by atoms with van der Waals surface area (Å²) < 4.78 is 2.94. The average molecular weight is 263 g/mol. The number of nitrogens with one attached hydrogen (secondary N) is 1. The van der Waals surface area contributed by atoms with Gasteiger partial charge in [0, 0.05) is 32.1 Å². The molecule has 8 nitrogen and oxygen atoms in total. The van der Waals surface area contributed by atoms with Crippen molar-refractivity contribution in [2.45, 2.75) is 6.04 Å². The number of amides is 1. The summed E-state index contributed by atoms with van der Waals surface area (Å²) in [5, 5.41) is 19.4. The first-order valence-electron chi connectivity index (χ1n) is 5.49. The van der Waals surface area contributed by atoms with E-state index in [0.717, 1.165) is 0 Å². The van der Waals surface area contributed by atoms with E-state index in [0.29, 0.717) is 5.56 Å². The second-order valence-corrected chi connectivity index (χ2v) is 4.07. The molecule has 0 saturated heterocycles. The van der Waals surface area contributed by atoms with E-state index in [9.17, 15) is 9.59 Å². The number of aromatic nitrogens is 4. The van der Waals surface area contributed by atoms with E-state index in [1.807, 2.05) is 0 Å². The third-order valence-electron chi connectivity index (χ3n) is 2.53. The molecule has 0 bridgehead atoms. The van der Waals surface area contributed by atoms with Crippen LogP contribution in [0.3, 0.4) is 0 Å². The lowest BCUT2D eigenvalue weighted by atomic mass is 10.1. The molecule has 0 aliphatic carbocycles. The minimum Gasteiger partial charge on any atom is -0.479 e. The zero-order chi connectivity index (χ0) is 14.0. The van der Waals surface area contributed by atoms with E-state index in [-0.39, 0.29) is 5.69 Å². The van der Waals surface area contributed by atoms with Crippen molar-refractivity contribution in [3.8, 4) is 0 Å². The SMILES string of the molecule is Cn1cc(C(NC(=O)c2ccn(C)n2)C(=O)O)cn1. The molecule has 2 heterocycles. The van der Waals surface area contributed by atoms with Crippen LogP contribution in [0.1, 0.15) is 22.1 Å². The van der Waals surface area contributed by atoms with Crippen molar-refractivity contribution in [3.63, 3.8) is 0 Å². The van der Waals surface area contributed by atoms with E-state index >= 15 is 0 Å². The van der Waals surface area contributed by atoms with Crippen LogP contribution in [0.25, 0.3) is 0 Å². The summed E-state index contributed by atoms with van der Waals surface area (Å²) in [6.07, 6.45) is 4.55. The minimum atomic E-state index is -1.16. The van der Waals surface area contributed by atoms with Crippen LogP contribution in [0, 0.1) is 0 Å². The quantitative estimate of drug-likeness (QED) is 0.789. The molecule has 1 unspecified atom stereocenters. The lowest BCUT2D eigenvalue weighted by Gasteiger charge is -2.11. The van der Waals surface area contributed by atoms with E-state index in [1.165, 1.54) is 27.8 Å². The highest BCUT2D eigenvalue weighted by Gasteiger charge is 2.24. The van der Waals surface area contributed by atoms with Crippen molar-refractivity contribution >= 4 is 11.9 Å². The van der Waals surface area contributed by atoms with Crippen molar-refractivity contribution in [2.75, 3.05) is 0 Å². The first-order valence-corrected chi connectivity index (χ1v) is 5.49. The second kappa shape index (κ2) is 4.92. The zero-order valence-corrected chi connectivity index (χ0v) is 10.4. The largest absolute Gasteiger partial charge is 0.479 e. The van der Waals surface area contributed by atoms with E-state index in [2.05, 4.69) is 15.5 Å². The second-order valence-electron chi connectivity index (χ2n) is 4.07. The van der Waals surface area contributed by atoms with Gasteiger partial charge in [0.1, 0.15) is 5.69 Å². The minimum absolute atomic E-state index is 0.164. The summed E-state index contributed by atoms with van der Waals surface area (Å²) in [6, 6.07) is 0.362. The molecule has 2 aromatic heterocycles. The van der Waals surface area contributed by atoms with Crippen LogP contribution in [-0.4, -0.2) is 36.5 Å². The van der Waals surface area contributed by atoms with Gasteiger partial charge in [0.15, 0.2) is 6.04 Å². The number of aryl methyl sites for hydroxylation is 2. The zero-order valence-electron chi connectivity index (χ0n) is 10.4. The molecule has 0 aromatic carbocycles. The molecule has 19 heavy (non-hydrogen) atoms. The predicted molar refractivity (Wildman–Crippen MR) is 64.3 cm³/mol. The van der Waals surface area contributed by atoms with Gasteiger partial charge in [0.05, 0.1) is 6.20 Å². The Morgan fingerprint density at radius 2 is 2.11 bits per heavy atom. The highest BCUT2D eigenvalue weighted by molar-refractivity contribution is 5.95. The van der Waals surface area contributed by atoms with E-state index in [1.54, 1.807) is 20.3 Å². The third-order valence-corrected chi connectivity index (χ3v) is 2.53. The number of hydrogen-bond acceptors (Lipinski definition) is 4. The van der Waals surface area contributed by atoms with Gasteiger partial charge in [-0.25, -0.2) is 4.79 Å². The van der Waals surface area contributed by atoms with Crippen LogP contribution in [-0.2, 0) is 18.9 Å². The number of carbonyl (C=O) groups excluding carboxylic acids is 1. The molecule has 0 aliphatic heterocycles. The monoisotopic (exact) mass is 263 g/mol. The van der Waals surface area contributed by atoms with Gasteiger partial charge >= 0.3 is 5.97 Å². The standard InChI is InChI=1S/C11H13N5O3/c1-15-4-3-8(14-15)10(17)13-9(11(18)19)7-5-12-16(2)6-7/h3-6,9H,1-2H3,(H,13,17)(H,18,19). The Labute approximate surface area is 108 Å². The van der Waals surface area contributed by atoms with Crippen molar-refractivity contribution < 1.29 is 14.7 Å². The summed E-state index contributed by atoms with van der Waals surface area (Å²) in [4.78, 5) is 23.1. The Balaban J connectivity index is 2.18. The Morgan fingerprint density at radius 1 is 1.37 bits per heavy atom. The number of aliphatic carboxylic acids is 1. The maximum atomic E-state index is 11.9. The highest BCUT2D eigenvalue weighted by atomic mass is 16.4. The van der Waals surface area contributed by atoms with Crippen LogP contribution in [0.4, 0.5) is 0 Å². The highest BCUT2D eigenvalue weighted by Crippen LogP contribution is 2.12. The summed E-state index contributed by atoms with van der Waals surface area (Å²) >= 11 is 0. The Kier molecular flexibility index (Phi) is 3.32. The molecule has 1 amide bonds. The Morgan fingerprint density at radius 3 is 2.58 bits per heavy atom. The van der Waals surface area contributed by atoms with Gasteiger partial charge in [-0.3, -0.25) is 14.2 Å². The maximum absolute atomic E-state index is 11.9. The molecule has 0 radical (unpaired) electrons. The van der Waals surface area contributed by atoms with Crippen LogP contribution >= 0.6 is 0 Å². The van der Waals surface area contributed by atoms with Gasteiger partial charge < -0.3 is 10.4 Å². The van der Waals surface area contributed by atoms with Gasteiger partial charge in [-0.15, -0.1) is 0 Å². The number of nitrogens with zero attached hydrogens (tertiary/aromatic N) is 4. The maximum Gasteiger partial charge on any atom is 0.331 e. The fraction of sp³-hybridized carbons (Fsp3) is 0.273. The number of hydrogen-bond donors (Lipinski definition) is 2. The summed E-state index contributed by atoms with van der Waals surface area (Å²) in [5.74, 6) is -1.70. The van der Waals surface area contributed by atoms with Gasteiger partial charge in [-0.05, 0) is 6.07 Å². The fourth-order valence-corrected chi connectivity index (χ4v) is 1.62. The summed E-state index contributed by atoms with van der Waals surface area (Å²) in [6.45, 7) is 0.